The molecule has 2 N–H and O–H groups in total. The molecule has 6 nitrogen and oxygen atoms in total. The summed E-state index contributed by atoms with van der Waals surface area (Å²) in [5.74, 6) is -1.82. The first kappa shape index (κ1) is 22.9. The van der Waals surface area contributed by atoms with Gasteiger partial charge in [-0.2, -0.15) is 5.26 Å². The fourth-order valence-electron chi connectivity index (χ4n) is 3.20. The van der Waals surface area contributed by atoms with Crippen LogP contribution in [0.3, 0.4) is 0 Å². The Bertz CT molecular complexity index is 1020. The normalized spacial score (nSPS) is 12.0. The first-order chi connectivity index (χ1) is 13.9. The molecule has 0 aromatic heterocycles. The van der Waals surface area contributed by atoms with Gasteiger partial charge in [-0.15, -0.1) is 0 Å². The van der Waals surface area contributed by atoms with Crippen LogP contribution in [0.2, 0.25) is 0 Å². The van der Waals surface area contributed by atoms with Crippen molar-refractivity contribution < 1.29 is 23.8 Å². The van der Waals surface area contributed by atoms with Crippen LogP contribution < -0.4 is 5.32 Å². The van der Waals surface area contributed by atoms with Gasteiger partial charge >= 0.3 is 12.1 Å². The van der Waals surface area contributed by atoms with Crippen LogP contribution in [0.15, 0.2) is 30.3 Å². The zero-order valence-corrected chi connectivity index (χ0v) is 17.7. The molecule has 0 bridgehead atoms. The number of halogens is 1. The molecule has 1 atom stereocenters. The third-order valence-corrected chi connectivity index (χ3v) is 4.41. The number of carboxylic acids is 1. The average molecular weight is 412 g/mol. The molecule has 0 unspecified atom stereocenters. The van der Waals surface area contributed by atoms with E-state index >= 15 is 4.39 Å². The van der Waals surface area contributed by atoms with Gasteiger partial charge in [0.15, 0.2) is 0 Å². The molecule has 158 valence electrons. The molecule has 0 radical (unpaired) electrons. The Morgan fingerprint density at radius 1 is 1.23 bits per heavy atom. The predicted octanol–water partition coefficient (Wildman–Crippen LogP) is 5.02. The molecule has 30 heavy (non-hydrogen) atoms. The molecule has 0 heterocycles. The van der Waals surface area contributed by atoms with Crippen LogP contribution >= 0.6 is 0 Å². The Morgan fingerprint density at radius 3 is 2.47 bits per heavy atom. The van der Waals surface area contributed by atoms with E-state index in [1.807, 2.05) is 13.0 Å². The number of carboxylic acid groups (broad SMARTS) is 1. The largest absolute Gasteiger partial charge is 0.481 e. The van der Waals surface area contributed by atoms with Crippen molar-refractivity contribution in [3.8, 4) is 17.2 Å². The first-order valence-electron chi connectivity index (χ1n) is 9.44. The summed E-state index contributed by atoms with van der Waals surface area (Å²) < 4.78 is 20.2. The van der Waals surface area contributed by atoms with Crippen molar-refractivity contribution in [1.29, 1.82) is 5.26 Å². The van der Waals surface area contributed by atoms with Crippen molar-refractivity contribution in [3.63, 3.8) is 0 Å². The van der Waals surface area contributed by atoms with E-state index < -0.39 is 35.9 Å². The number of amides is 1. The second-order valence-corrected chi connectivity index (χ2v) is 8.10. The number of carbonyl (C=O) groups is 2. The lowest BCUT2D eigenvalue weighted by Crippen LogP contribution is -2.36. The van der Waals surface area contributed by atoms with Crippen LogP contribution in [0.4, 0.5) is 9.18 Å². The average Bonchev–Trinajstić information content (AvgIpc) is 2.61. The smallest absolute Gasteiger partial charge is 0.408 e. The number of nitrogens with one attached hydrogen (secondary N) is 1. The van der Waals surface area contributed by atoms with Crippen LogP contribution in [0.1, 0.15) is 55.5 Å². The van der Waals surface area contributed by atoms with E-state index in [-0.39, 0.29) is 11.1 Å². The van der Waals surface area contributed by atoms with Crippen molar-refractivity contribution in [2.45, 2.75) is 52.7 Å². The number of nitriles is 1. The number of ether oxygens (including phenoxy) is 1. The highest BCUT2D eigenvalue weighted by molar-refractivity contribution is 5.76. The van der Waals surface area contributed by atoms with Gasteiger partial charge in [-0.1, -0.05) is 12.1 Å². The van der Waals surface area contributed by atoms with Crippen LogP contribution in [0, 0.1) is 31.0 Å². The molecule has 7 heteroatoms. The SMILES string of the molecule is Cc1cc(-c2c(C)cccc2C#N)cc([C@H](CC(=O)O)NC(=O)OC(C)(C)C)c1F. The molecule has 0 aliphatic rings. The highest BCUT2D eigenvalue weighted by Gasteiger charge is 2.26. The van der Waals surface area contributed by atoms with Crippen molar-refractivity contribution >= 4 is 12.1 Å². The lowest BCUT2D eigenvalue weighted by molar-refractivity contribution is -0.137. The number of carbonyl (C=O) groups excluding carboxylic acids is 1. The zero-order chi connectivity index (χ0) is 22.6. The van der Waals surface area contributed by atoms with Gasteiger partial charge in [-0.05, 0) is 69.5 Å². The third kappa shape index (κ3) is 5.57. The lowest BCUT2D eigenvalue weighted by Gasteiger charge is -2.24. The van der Waals surface area contributed by atoms with E-state index in [2.05, 4.69) is 11.4 Å². The number of hydrogen-bond acceptors (Lipinski definition) is 4. The summed E-state index contributed by atoms with van der Waals surface area (Å²) in [5.41, 5.74) is 1.94. The Hall–Kier alpha value is -3.40. The molecular formula is C23H25FN2O4. The van der Waals surface area contributed by atoms with E-state index in [9.17, 15) is 20.0 Å². The first-order valence-corrected chi connectivity index (χ1v) is 9.44. The molecule has 0 aliphatic heterocycles. The van der Waals surface area contributed by atoms with Gasteiger partial charge < -0.3 is 15.2 Å². The van der Waals surface area contributed by atoms with Crippen molar-refractivity contribution in [2.75, 3.05) is 0 Å². The van der Waals surface area contributed by atoms with Crippen LogP contribution in [0.5, 0.6) is 0 Å². The van der Waals surface area contributed by atoms with Gasteiger partial charge in [-0.25, -0.2) is 9.18 Å². The molecule has 0 saturated heterocycles. The minimum Gasteiger partial charge on any atom is -0.481 e. The lowest BCUT2D eigenvalue weighted by atomic mass is 9.90. The number of aliphatic carboxylic acids is 1. The molecule has 2 aromatic rings. The van der Waals surface area contributed by atoms with Crippen LogP contribution in [-0.4, -0.2) is 22.8 Å². The quantitative estimate of drug-likeness (QED) is 0.718. The summed E-state index contributed by atoms with van der Waals surface area (Å²) in [6.45, 7) is 8.41. The Morgan fingerprint density at radius 2 is 1.90 bits per heavy atom. The van der Waals surface area contributed by atoms with Crippen molar-refractivity contribution in [1.82, 2.24) is 5.32 Å². The second kappa shape index (κ2) is 8.95. The van der Waals surface area contributed by atoms with E-state index in [1.165, 1.54) is 6.07 Å². The van der Waals surface area contributed by atoms with Crippen molar-refractivity contribution in [2.24, 2.45) is 0 Å². The maximum absolute atomic E-state index is 15.0. The fraction of sp³-hybridized carbons (Fsp3) is 0.348. The Balaban J connectivity index is 2.59. The van der Waals surface area contributed by atoms with E-state index in [0.717, 1.165) is 5.56 Å². The van der Waals surface area contributed by atoms with Gasteiger partial charge in [-0.3, -0.25) is 4.79 Å². The monoisotopic (exact) mass is 412 g/mol. The Kier molecular flexibility index (Phi) is 6.83. The number of aryl methyl sites for hydroxylation is 2. The maximum Gasteiger partial charge on any atom is 0.408 e. The Labute approximate surface area is 175 Å². The number of alkyl carbamates (subject to hydrolysis) is 1. The van der Waals surface area contributed by atoms with Gasteiger partial charge in [0.25, 0.3) is 0 Å². The van der Waals surface area contributed by atoms with Crippen LogP contribution in [0.25, 0.3) is 11.1 Å². The number of rotatable bonds is 5. The highest BCUT2D eigenvalue weighted by Crippen LogP contribution is 2.33. The predicted molar refractivity (Wildman–Crippen MR) is 110 cm³/mol. The molecule has 0 fully saturated rings. The number of hydrogen-bond donors (Lipinski definition) is 2. The highest BCUT2D eigenvalue weighted by atomic mass is 19.1. The van der Waals surface area contributed by atoms with E-state index in [1.54, 1.807) is 45.9 Å². The zero-order valence-electron chi connectivity index (χ0n) is 17.7. The fourth-order valence-corrected chi connectivity index (χ4v) is 3.20. The van der Waals surface area contributed by atoms with E-state index in [4.69, 9.17) is 4.74 Å². The van der Waals surface area contributed by atoms with Crippen LogP contribution in [-0.2, 0) is 9.53 Å². The van der Waals surface area contributed by atoms with Gasteiger partial charge in [0.1, 0.15) is 11.4 Å². The molecule has 0 saturated carbocycles. The third-order valence-electron chi connectivity index (χ3n) is 4.41. The van der Waals surface area contributed by atoms with Crippen molar-refractivity contribution in [3.05, 3.63) is 58.4 Å². The number of benzene rings is 2. The molecule has 0 spiro atoms. The minimum absolute atomic E-state index is 0.0189. The topological polar surface area (TPSA) is 99.4 Å². The van der Waals surface area contributed by atoms with E-state index in [0.29, 0.717) is 16.7 Å². The van der Waals surface area contributed by atoms with Gasteiger partial charge in [0, 0.05) is 11.1 Å². The summed E-state index contributed by atoms with van der Waals surface area (Å²) in [6.07, 6.45) is -1.37. The molecule has 0 aliphatic carbocycles. The maximum atomic E-state index is 15.0. The number of nitrogens with zero attached hydrogens (tertiary/aromatic N) is 1. The summed E-state index contributed by atoms with van der Waals surface area (Å²) in [5, 5.41) is 21.2. The molecule has 2 aromatic carbocycles. The van der Waals surface area contributed by atoms with Gasteiger partial charge in [0.05, 0.1) is 24.1 Å². The summed E-state index contributed by atoms with van der Waals surface area (Å²) in [4.78, 5) is 23.6. The molecule has 1 amide bonds. The van der Waals surface area contributed by atoms with Gasteiger partial charge in [0.2, 0.25) is 0 Å². The standard InChI is InChI=1S/C23H25FN2O4/c1-13-7-6-8-15(12-25)20(13)16-9-14(2)21(24)17(10-16)18(11-19(27)28)26-22(29)30-23(3,4)5/h6-10,18H,11H2,1-5H3,(H,26,29)(H,27,28)/t18-/m0/s1. The summed E-state index contributed by atoms with van der Waals surface area (Å²) in [6, 6.07) is 9.32. The summed E-state index contributed by atoms with van der Waals surface area (Å²) in [7, 11) is 0. The minimum atomic E-state index is -1.20. The molecule has 2 rings (SSSR count). The molecular weight excluding hydrogens is 387 g/mol. The second-order valence-electron chi connectivity index (χ2n) is 8.10. The summed E-state index contributed by atoms with van der Waals surface area (Å²) >= 11 is 0.